The van der Waals surface area contributed by atoms with Gasteiger partial charge in [-0.3, -0.25) is 4.79 Å². The number of phenols is 2. The Bertz CT molecular complexity index is 769. The zero-order chi connectivity index (χ0) is 18.0. The molecule has 5 heteroatoms. The van der Waals surface area contributed by atoms with E-state index in [1.165, 1.54) is 11.0 Å². The Morgan fingerprint density at radius 2 is 1.83 bits per heavy atom. The quantitative estimate of drug-likeness (QED) is 0.751. The van der Waals surface area contributed by atoms with Crippen molar-refractivity contribution in [1.29, 1.82) is 0 Å². The first-order valence-electron chi connectivity index (χ1n) is 7.87. The van der Waals surface area contributed by atoms with Gasteiger partial charge in [0.2, 0.25) is 0 Å². The summed E-state index contributed by atoms with van der Waals surface area (Å²) in [6, 6.07) is 8.36. The molecule has 0 aliphatic carbocycles. The molecule has 4 N–H and O–H groups in total. The maximum atomic E-state index is 12.7. The van der Waals surface area contributed by atoms with Crippen LogP contribution in [0.15, 0.2) is 30.3 Å². The van der Waals surface area contributed by atoms with E-state index in [0.29, 0.717) is 17.8 Å². The molecule has 0 bridgehead atoms. The second-order valence-electron chi connectivity index (χ2n) is 6.43. The van der Waals surface area contributed by atoms with Crippen molar-refractivity contribution >= 4 is 11.6 Å². The second kappa shape index (κ2) is 6.83. The van der Waals surface area contributed by atoms with Crippen LogP contribution in [0.2, 0.25) is 0 Å². The molecule has 0 saturated carbocycles. The van der Waals surface area contributed by atoms with Crippen LogP contribution in [0.3, 0.4) is 0 Å². The van der Waals surface area contributed by atoms with Crippen molar-refractivity contribution in [1.82, 2.24) is 4.90 Å². The van der Waals surface area contributed by atoms with Crippen LogP contribution in [-0.4, -0.2) is 28.1 Å². The van der Waals surface area contributed by atoms with E-state index in [2.05, 4.69) is 0 Å². The van der Waals surface area contributed by atoms with Gasteiger partial charge in [-0.2, -0.15) is 0 Å². The first-order valence-corrected chi connectivity index (χ1v) is 7.87. The maximum Gasteiger partial charge on any atom is 0.257 e. The van der Waals surface area contributed by atoms with Crippen molar-refractivity contribution in [3.8, 4) is 11.5 Å². The van der Waals surface area contributed by atoms with Crippen LogP contribution in [0, 0.1) is 6.92 Å². The molecule has 5 nitrogen and oxygen atoms in total. The summed E-state index contributed by atoms with van der Waals surface area (Å²) in [6.45, 7) is 6.18. The van der Waals surface area contributed by atoms with E-state index in [4.69, 9.17) is 5.73 Å². The Morgan fingerprint density at radius 1 is 1.17 bits per heavy atom. The van der Waals surface area contributed by atoms with Crippen molar-refractivity contribution < 1.29 is 15.0 Å². The molecule has 0 fully saturated rings. The Labute approximate surface area is 142 Å². The van der Waals surface area contributed by atoms with Crippen molar-refractivity contribution in [3.05, 3.63) is 52.6 Å². The summed E-state index contributed by atoms with van der Waals surface area (Å²) < 4.78 is 0. The third-order valence-corrected chi connectivity index (χ3v) is 4.12. The largest absolute Gasteiger partial charge is 0.508 e. The van der Waals surface area contributed by atoms with Crippen LogP contribution in [0.5, 0.6) is 11.5 Å². The molecular weight excluding hydrogens is 304 g/mol. The molecule has 0 radical (unpaired) electrons. The van der Waals surface area contributed by atoms with Gasteiger partial charge in [0.25, 0.3) is 5.91 Å². The van der Waals surface area contributed by atoms with Crippen LogP contribution in [0.1, 0.15) is 46.8 Å². The predicted octanol–water partition coefficient (Wildman–Crippen LogP) is 3.38. The number of nitrogen functional groups attached to an aromatic ring is 1. The molecule has 2 rings (SSSR count). The standard InChI is InChI=1S/C19H24N2O3/c1-11(2)15-8-16(18(23)9-17(15)22)19(24)21(4)10-13-7-14(20)6-5-12(13)3/h5-9,11,22-23H,10,20H2,1-4H3. The summed E-state index contributed by atoms with van der Waals surface area (Å²) >= 11 is 0. The second-order valence-corrected chi connectivity index (χ2v) is 6.43. The van der Waals surface area contributed by atoms with Gasteiger partial charge in [-0.05, 0) is 47.7 Å². The zero-order valence-electron chi connectivity index (χ0n) is 14.5. The molecule has 0 heterocycles. The molecule has 0 saturated heterocycles. The number of aryl methyl sites for hydroxylation is 1. The highest BCUT2D eigenvalue weighted by Crippen LogP contribution is 2.33. The number of phenolic OH excluding ortho intramolecular Hbond substituents is 2. The van der Waals surface area contributed by atoms with Gasteiger partial charge >= 0.3 is 0 Å². The molecule has 2 aromatic carbocycles. The molecule has 2 aromatic rings. The molecule has 0 atom stereocenters. The highest BCUT2D eigenvalue weighted by Gasteiger charge is 2.20. The Balaban J connectivity index is 2.31. The average Bonchev–Trinajstić information content (AvgIpc) is 2.50. The monoisotopic (exact) mass is 328 g/mol. The van der Waals surface area contributed by atoms with Gasteiger partial charge in [-0.15, -0.1) is 0 Å². The first kappa shape index (κ1) is 17.7. The van der Waals surface area contributed by atoms with Gasteiger partial charge < -0.3 is 20.8 Å². The molecule has 0 unspecified atom stereocenters. The number of rotatable bonds is 4. The lowest BCUT2D eigenvalue weighted by Crippen LogP contribution is -2.26. The van der Waals surface area contributed by atoms with Gasteiger partial charge in [0, 0.05) is 25.3 Å². The molecule has 0 aliphatic heterocycles. The van der Waals surface area contributed by atoms with Gasteiger partial charge in [0.1, 0.15) is 11.5 Å². The Morgan fingerprint density at radius 3 is 2.46 bits per heavy atom. The minimum atomic E-state index is -0.309. The van der Waals surface area contributed by atoms with Crippen LogP contribution in [-0.2, 0) is 6.54 Å². The van der Waals surface area contributed by atoms with Gasteiger partial charge in [-0.1, -0.05) is 19.9 Å². The minimum absolute atomic E-state index is 0.00613. The number of nitrogens with two attached hydrogens (primary N) is 1. The molecule has 24 heavy (non-hydrogen) atoms. The van der Waals surface area contributed by atoms with E-state index >= 15 is 0 Å². The van der Waals surface area contributed by atoms with E-state index in [1.54, 1.807) is 13.1 Å². The number of carbonyl (C=O) groups excluding carboxylic acids is 1. The van der Waals surface area contributed by atoms with Crippen molar-refractivity contribution in [3.63, 3.8) is 0 Å². The van der Waals surface area contributed by atoms with E-state index in [0.717, 1.165) is 11.1 Å². The van der Waals surface area contributed by atoms with Crippen molar-refractivity contribution in [2.24, 2.45) is 0 Å². The van der Waals surface area contributed by atoms with Crippen LogP contribution >= 0.6 is 0 Å². The molecule has 128 valence electrons. The fourth-order valence-electron chi connectivity index (χ4n) is 2.62. The Kier molecular flexibility index (Phi) is 5.02. The number of carbonyl (C=O) groups is 1. The van der Waals surface area contributed by atoms with E-state index in [9.17, 15) is 15.0 Å². The van der Waals surface area contributed by atoms with E-state index < -0.39 is 0 Å². The number of amides is 1. The maximum absolute atomic E-state index is 12.7. The summed E-state index contributed by atoms with van der Waals surface area (Å²) in [5.74, 6) is -0.499. The third kappa shape index (κ3) is 3.62. The highest BCUT2D eigenvalue weighted by molar-refractivity contribution is 5.97. The van der Waals surface area contributed by atoms with E-state index in [-0.39, 0.29) is 28.9 Å². The number of hydrogen-bond acceptors (Lipinski definition) is 4. The summed E-state index contributed by atoms with van der Waals surface area (Å²) in [4.78, 5) is 14.2. The summed E-state index contributed by atoms with van der Waals surface area (Å²) in [7, 11) is 1.67. The number of anilines is 1. The van der Waals surface area contributed by atoms with Gasteiger partial charge in [0.15, 0.2) is 0 Å². The lowest BCUT2D eigenvalue weighted by atomic mass is 9.98. The van der Waals surface area contributed by atoms with E-state index in [1.807, 2.05) is 39.0 Å². The molecule has 0 aromatic heterocycles. The predicted molar refractivity (Wildman–Crippen MR) is 95.2 cm³/mol. The number of hydrogen-bond donors (Lipinski definition) is 3. The van der Waals surface area contributed by atoms with Gasteiger partial charge in [-0.25, -0.2) is 0 Å². The van der Waals surface area contributed by atoms with Gasteiger partial charge in [0.05, 0.1) is 5.56 Å². The molecule has 0 spiro atoms. The lowest BCUT2D eigenvalue weighted by molar-refractivity contribution is 0.0781. The van der Waals surface area contributed by atoms with Crippen LogP contribution < -0.4 is 5.73 Å². The van der Waals surface area contributed by atoms with Crippen molar-refractivity contribution in [2.75, 3.05) is 12.8 Å². The fraction of sp³-hybridized carbons (Fsp3) is 0.316. The number of nitrogens with zero attached hydrogens (tertiary/aromatic N) is 1. The molecule has 1 amide bonds. The summed E-state index contributed by atoms with van der Waals surface area (Å²) in [5, 5.41) is 20.0. The number of benzene rings is 2. The minimum Gasteiger partial charge on any atom is -0.508 e. The first-order chi connectivity index (χ1) is 11.2. The average molecular weight is 328 g/mol. The molecular formula is C19H24N2O3. The zero-order valence-corrected chi connectivity index (χ0v) is 14.5. The van der Waals surface area contributed by atoms with Crippen LogP contribution in [0.25, 0.3) is 0 Å². The summed E-state index contributed by atoms with van der Waals surface area (Å²) in [5.41, 5.74) is 9.26. The SMILES string of the molecule is Cc1ccc(N)cc1CN(C)C(=O)c1cc(C(C)C)c(O)cc1O. The lowest BCUT2D eigenvalue weighted by Gasteiger charge is -2.20. The smallest absolute Gasteiger partial charge is 0.257 e. The number of aromatic hydroxyl groups is 2. The molecule has 0 aliphatic rings. The van der Waals surface area contributed by atoms with Crippen LogP contribution in [0.4, 0.5) is 5.69 Å². The Hall–Kier alpha value is -2.69. The van der Waals surface area contributed by atoms with Crippen molar-refractivity contribution in [2.45, 2.75) is 33.2 Å². The topological polar surface area (TPSA) is 86.8 Å². The third-order valence-electron chi connectivity index (χ3n) is 4.12. The summed E-state index contributed by atoms with van der Waals surface area (Å²) in [6.07, 6.45) is 0. The normalized spacial score (nSPS) is 10.9. The fourth-order valence-corrected chi connectivity index (χ4v) is 2.62. The highest BCUT2D eigenvalue weighted by atomic mass is 16.3.